The molecule has 132 valence electrons. The van der Waals surface area contributed by atoms with Crippen LogP contribution in [0.5, 0.6) is 5.75 Å². The summed E-state index contributed by atoms with van der Waals surface area (Å²) in [6.07, 6.45) is 2.24. The standard InChI is InChI=1S/C20H17NO5/c1-12-5-2-3-6-13(12)10-21-11-14(17(23)9-18(24)20(25)26)19-15(21)7-4-8-16(19)22/h2-9,11,22-23H,10H2,1H3,(H,25,26)/b17-9-. The number of ketones is 1. The molecule has 1 heterocycles. The Balaban J connectivity index is 2.15. The number of aliphatic hydroxyl groups is 1. The molecule has 0 saturated carbocycles. The van der Waals surface area contributed by atoms with Gasteiger partial charge in [-0.2, -0.15) is 0 Å². The zero-order valence-electron chi connectivity index (χ0n) is 14.0. The SMILES string of the molecule is Cc1ccccc1Cn1cc(/C(O)=C/C(=O)C(=O)O)c2c(O)cccc21. The van der Waals surface area contributed by atoms with Crippen LogP contribution in [0.1, 0.15) is 16.7 Å². The summed E-state index contributed by atoms with van der Waals surface area (Å²) >= 11 is 0. The summed E-state index contributed by atoms with van der Waals surface area (Å²) in [6, 6.07) is 12.8. The minimum atomic E-state index is -1.66. The number of benzene rings is 2. The van der Waals surface area contributed by atoms with E-state index in [0.717, 1.165) is 11.1 Å². The van der Waals surface area contributed by atoms with Crippen molar-refractivity contribution in [3.63, 3.8) is 0 Å². The lowest BCUT2D eigenvalue weighted by atomic mass is 10.1. The Labute approximate surface area is 149 Å². The first-order chi connectivity index (χ1) is 12.4. The number of aryl methyl sites for hydroxylation is 1. The summed E-state index contributed by atoms with van der Waals surface area (Å²) in [5.74, 6) is -3.47. The van der Waals surface area contributed by atoms with Crippen molar-refractivity contribution in [1.29, 1.82) is 0 Å². The minimum absolute atomic E-state index is 0.0660. The van der Waals surface area contributed by atoms with Crippen LogP contribution < -0.4 is 0 Å². The number of aliphatic carboxylic acids is 1. The van der Waals surface area contributed by atoms with Crippen LogP contribution in [0, 0.1) is 6.92 Å². The molecule has 3 aromatic rings. The van der Waals surface area contributed by atoms with Crippen molar-refractivity contribution in [2.45, 2.75) is 13.5 Å². The van der Waals surface area contributed by atoms with Crippen molar-refractivity contribution in [2.75, 3.05) is 0 Å². The summed E-state index contributed by atoms with van der Waals surface area (Å²) in [5.41, 5.74) is 3.01. The minimum Gasteiger partial charge on any atom is -0.507 e. The van der Waals surface area contributed by atoms with E-state index in [1.54, 1.807) is 18.3 Å². The highest BCUT2D eigenvalue weighted by Gasteiger charge is 2.18. The second-order valence-electron chi connectivity index (χ2n) is 5.97. The van der Waals surface area contributed by atoms with Crippen molar-refractivity contribution >= 4 is 28.4 Å². The van der Waals surface area contributed by atoms with Gasteiger partial charge in [-0.25, -0.2) is 4.79 Å². The van der Waals surface area contributed by atoms with Crippen LogP contribution in [-0.2, 0) is 16.1 Å². The number of hydrogen-bond donors (Lipinski definition) is 3. The quantitative estimate of drug-likeness (QED) is 0.372. The van der Waals surface area contributed by atoms with Crippen molar-refractivity contribution in [2.24, 2.45) is 0 Å². The van der Waals surface area contributed by atoms with Gasteiger partial charge in [0.1, 0.15) is 11.5 Å². The molecule has 0 saturated heterocycles. The second-order valence-corrected chi connectivity index (χ2v) is 5.97. The maximum Gasteiger partial charge on any atom is 0.376 e. The molecule has 6 heteroatoms. The number of fused-ring (bicyclic) bond motifs is 1. The summed E-state index contributed by atoms with van der Waals surface area (Å²) in [7, 11) is 0. The van der Waals surface area contributed by atoms with Gasteiger partial charge >= 0.3 is 5.97 Å². The topological polar surface area (TPSA) is 99.8 Å². The average molecular weight is 351 g/mol. The predicted molar refractivity (Wildman–Crippen MR) is 97.1 cm³/mol. The highest BCUT2D eigenvalue weighted by atomic mass is 16.4. The van der Waals surface area contributed by atoms with E-state index in [-0.39, 0.29) is 11.3 Å². The summed E-state index contributed by atoms with van der Waals surface area (Å²) in [6.45, 7) is 2.48. The molecule has 0 aliphatic rings. The van der Waals surface area contributed by atoms with Crippen LogP contribution in [0.2, 0.25) is 0 Å². The number of phenols is 1. The summed E-state index contributed by atoms with van der Waals surface area (Å²) < 4.78 is 1.84. The Morgan fingerprint density at radius 1 is 1.08 bits per heavy atom. The number of phenolic OH excluding ortho intramolecular Hbond substituents is 1. The van der Waals surface area contributed by atoms with Crippen molar-refractivity contribution in [3.8, 4) is 5.75 Å². The first kappa shape index (κ1) is 17.3. The third-order valence-corrected chi connectivity index (χ3v) is 4.24. The van der Waals surface area contributed by atoms with Crippen LogP contribution >= 0.6 is 0 Å². The van der Waals surface area contributed by atoms with Gasteiger partial charge < -0.3 is 19.9 Å². The molecule has 0 radical (unpaired) electrons. The predicted octanol–water partition coefficient (Wildman–Crippen LogP) is 3.26. The van der Waals surface area contributed by atoms with E-state index >= 15 is 0 Å². The zero-order chi connectivity index (χ0) is 18.8. The lowest BCUT2D eigenvalue weighted by Crippen LogP contribution is -2.09. The third-order valence-electron chi connectivity index (χ3n) is 4.24. The second kappa shape index (κ2) is 6.76. The average Bonchev–Trinajstić information content (AvgIpc) is 2.97. The molecular weight excluding hydrogens is 334 g/mol. The van der Waals surface area contributed by atoms with Crippen molar-refractivity contribution < 1.29 is 24.9 Å². The van der Waals surface area contributed by atoms with Crippen LogP contribution in [0.25, 0.3) is 16.7 Å². The van der Waals surface area contributed by atoms with E-state index in [2.05, 4.69) is 0 Å². The Morgan fingerprint density at radius 2 is 1.81 bits per heavy atom. The number of carboxylic acid groups (broad SMARTS) is 1. The number of aliphatic hydroxyl groups excluding tert-OH is 1. The molecule has 0 unspecified atom stereocenters. The lowest BCUT2D eigenvalue weighted by Gasteiger charge is -2.08. The Kier molecular flexibility index (Phi) is 4.49. The molecule has 3 N–H and O–H groups in total. The van der Waals surface area contributed by atoms with Crippen LogP contribution in [-0.4, -0.2) is 31.6 Å². The summed E-state index contributed by atoms with van der Waals surface area (Å²) in [5, 5.41) is 29.5. The lowest BCUT2D eigenvalue weighted by molar-refractivity contribution is -0.146. The van der Waals surface area contributed by atoms with E-state index in [1.807, 2.05) is 35.8 Å². The molecule has 0 aliphatic carbocycles. The van der Waals surface area contributed by atoms with Gasteiger partial charge in [-0.05, 0) is 30.2 Å². The van der Waals surface area contributed by atoms with Gasteiger partial charge in [0, 0.05) is 24.4 Å². The number of nitrogens with zero attached hydrogens (tertiary/aromatic N) is 1. The van der Waals surface area contributed by atoms with Gasteiger partial charge in [0.05, 0.1) is 10.9 Å². The number of rotatable bonds is 5. The molecule has 3 rings (SSSR count). The fourth-order valence-corrected chi connectivity index (χ4v) is 2.89. The van der Waals surface area contributed by atoms with Crippen LogP contribution in [0.15, 0.2) is 54.7 Å². The Morgan fingerprint density at radius 3 is 2.50 bits per heavy atom. The molecule has 0 spiro atoms. The third kappa shape index (κ3) is 3.17. The molecule has 0 atom stereocenters. The first-order valence-electron chi connectivity index (χ1n) is 7.92. The normalized spacial score (nSPS) is 11.7. The smallest absolute Gasteiger partial charge is 0.376 e. The van der Waals surface area contributed by atoms with E-state index in [4.69, 9.17) is 5.11 Å². The number of carbonyl (C=O) groups excluding carboxylic acids is 1. The van der Waals surface area contributed by atoms with Gasteiger partial charge in [-0.15, -0.1) is 0 Å². The fourth-order valence-electron chi connectivity index (χ4n) is 2.89. The van der Waals surface area contributed by atoms with Gasteiger partial charge in [-0.1, -0.05) is 30.3 Å². The Hall–Kier alpha value is -3.54. The first-order valence-corrected chi connectivity index (χ1v) is 7.92. The monoisotopic (exact) mass is 351 g/mol. The number of aromatic nitrogens is 1. The molecule has 26 heavy (non-hydrogen) atoms. The number of hydrogen-bond acceptors (Lipinski definition) is 4. The van der Waals surface area contributed by atoms with Gasteiger partial charge in [0.2, 0.25) is 0 Å². The van der Waals surface area contributed by atoms with Crippen molar-refractivity contribution in [1.82, 2.24) is 4.57 Å². The van der Waals surface area contributed by atoms with E-state index in [9.17, 15) is 19.8 Å². The summed E-state index contributed by atoms with van der Waals surface area (Å²) in [4.78, 5) is 22.1. The van der Waals surface area contributed by atoms with E-state index in [0.29, 0.717) is 23.5 Å². The molecule has 0 bridgehead atoms. The zero-order valence-corrected chi connectivity index (χ0v) is 14.0. The highest BCUT2D eigenvalue weighted by molar-refractivity contribution is 6.38. The van der Waals surface area contributed by atoms with Crippen molar-refractivity contribution in [3.05, 3.63) is 71.4 Å². The maximum absolute atomic E-state index is 11.4. The maximum atomic E-state index is 11.4. The molecule has 0 fully saturated rings. The van der Waals surface area contributed by atoms with Gasteiger partial charge in [0.25, 0.3) is 5.78 Å². The fraction of sp³-hybridized carbons (Fsp3) is 0.100. The largest absolute Gasteiger partial charge is 0.507 e. The van der Waals surface area contributed by atoms with Gasteiger partial charge in [0.15, 0.2) is 0 Å². The van der Waals surface area contributed by atoms with Crippen LogP contribution in [0.3, 0.4) is 0 Å². The van der Waals surface area contributed by atoms with E-state index in [1.165, 1.54) is 6.07 Å². The molecule has 0 aliphatic heterocycles. The van der Waals surface area contributed by atoms with Gasteiger partial charge in [-0.3, -0.25) is 4.79 Å². The molecule has 1 aromatic heterocycles. The molecule has 0 amide bonds. The van der Waals surface area contributed by atoms with E-state index < -0.39 is 17.5 Å². The molecule has 2 aromatic carbocycles. The Bertz CT molecular complexity index is 1050. The molecule has 6 nitrogen and oxygen atoms in total. The number of carbonyl (C=O) groups is 2. The number of aromatic hydroxyl groups is 1. The van der Waals surface area contributed by atoms with Crippen LogP contribution in [0.4, 0.5) is 0 Å². The molecular formula is C20H17NO5. The highest BCUT2D eigenvalue weighted by Crippen LogP contribution is 2.33. The number of carboxylic acids is 1.